The van der Waals surface area contributed by atoms with Gasteiger partial charge in [0.1, 0.15) is 5.82 Å². The Bertz CT molecular complexity index is 589. The minimum atomic E-state index is -0.939. The number of carboxylic acid groups (broad SMARTS) is 1. The van der Waals surface area contributed by atoms with E-state index in [0.29, 0.717) is 17.6 Å². The Morgan fingerprint density at radius 2 is 2.28 bits per heavy atom. The van der Waals surface area contributed by atoms with Crippen molar-refractivity contribution >= 4 is 17.0 Å². The number of aromatic carboxylic acids is 1. The van der Waals surface area contributed by atoms with Gasteiger partial charge in [-0.1, -0.05) is 6.07 Å². The third kappa shape index (κ3) is 1.97. The first-order chi connectivity index (χ1) is 8.56. The minimum absolute atomic E-state index is 0.0421. The first kappa shape index (κ1) is 12.6. The zero-order valence-electron chi connectivity index (χ0n) is 10.7. The number of benzene rings is 1. The third-order valence-corrected chi connectivity index (χ3v) is 2.97. The molecule has 0 amide bonds. The van der Waals surface area contributed by atoms with E-state index in [0.717, 1.165) is 5.82 Å². The van der Waals surface area contributed by atoms with Gasteiger partial charge >= 0.3 is 5.97 Å². The molecule has 0 spiro atoms. The van der Waals surface area contributed by atoms with Gasteiger partial charge in [0.2, 0.25) is 0 Å². The Morgan fingerprint density at radius 3 is 2.89 bits per heavy atom. The fraction of sp³-hybridized carbons (Fsp3) is 0.385. The molecule has 0 radical (unpaired) electrons. The number of methoxy groups -OCH3 is 1. The van der Waals surface area contributed by atoms with Crippen molar-refractivity contribution in [2.45, 2.75) is 19.9 Å². The average molecular weight is 248 g/mol. The fourth-order valence-electron chi connectivity index (χ4n) is 2.29. The first-order valence-electron chi connectivity index (χ1n) is 5.76. The van der Waals surface area contributed by atoms with Crippen molar-refractivity contribution in [3.63, 3.8) is 0 Å². The molecule has 2 aromatic rings. The predicted octanol–water partition coefficient (Wildman–Crippen LogP) is 2.25. The largest absolute Gasteiger partial charge is 0.478 e. The van der Waals surface area contributed by atoms with Crippen LogP contribution in [0.3, 0.4) is 0 Å². The molecule has 0 aliphatic rings. The smallest absolute Gasteiger partial charge is 0.337 e. The lowest BCUT2D eigenvalue weighted by Crippen LogP contribution is -2.14. The van der Waals surface area contributed by atoms with E-state index < -0.39 is 5.97 Å². The molecular weight excluding hydrogens is 232 g/mol. The summed E-state index contributed by atoms with van der Waals surface area (Å²) in [4.78, 5) is 15.7. The van der Waals surface area contributed by atoms with Gasteiger partial charge in [-0.05, 0) is 26.0 Å². The Morgan fingerprint density at radius 1 is 1.56 bits per heavy atom. The Hall–Kier alpha value is -1.88. The molecule has 5 heteroatoms. The minimum Gasteiger partial charge on any atom is -0.478 e. The lowest BCUT2D eigenvalue weighted by atomic mass is 10.1. The van der Waals surface area contributed by atoms with E-state index >= 15 is 0 Å². The SMILES string of the molecule is COCC(C)n1c(C)nc2cccc(C(=O)O)c21. The van der Waals surface area contributed by atoms with E-state index in [4.69, 9.17) is 4.74 Å². The predicted molar refractivity (Wildman–Crippen MR) is 68.0 cm³/mol. The van der Waals surface area contributed by atoms with Gasteiger partial charge in [0.15, 0.2) is 0 Å². The van der Waals surface area contributed by atoms with Crippen LogP contribution < -0.4 is 0 Å². The number of nitrogens with zero attached hydrogens (tertiary/aromatic N) is 2. The van der Waals surface area contributed by atoms with Crippen LogP contribution in [0.4, 0.5) is 0 Å². The maximum atomic E-state index is 11.3. The van der Waals surface area contributed by atoms with Crippen molar-refractivity contribution in [2.75, 3.05) is 13.7 Å². The highest BCUT2D eigenvalue weighted by molar-refractivity contribution is 6.01. The van der Waals surface area contributed by atoms with Gasteiger partial charge in [-0.3, -0.25) is 0 Å². The topological polar surface area (TPSA) is 64.4 Å². The van der Waals surface area contributed by atoms with Gasteiger partial charge < -0.3 is 14.4 Å². The quantitative estimate of drug-likeness (QED) is 0.901. The van der Waals surface area contributed by atoms with Gasteiger partial charge in [-0.2, -0.15) is 0 Å². The second-order valence-corrected chi connectivity index (χ2v) is 4.31. The number of aromatic nitrogens is 2. The van der Waals surface area contributed by atoms with Crippen molar-refractivity contribution in [3.8, 4) is 0 Å². The molecule has 0 aliphatic heterocycles. The van der Waals surface area contributed by atoms with Crippen LogP contribution in [0.15, 0.2) is 18.2 Å². The average Bonchev–Trinajstić information content (AvgIpc) is 2.64. The molecule has 0 bridgehead atoms. The first-order valence-corrected chi connectivity index (χ1v) is 5.76. The van der Waals surface area contributed by atoms with Gasteiger partial charge in [-0.25, -0.2) is 9.78 Å². The maximum absolute atomic E-state index is 11.3. The number of para-hydroxylation sites is 1. The summed E-state index contributed by atoms with van der Waals surface area (Å²) in [7, 11) is 1.63. The highest BCUT2D eigenvalue weighted by Gasteiger charge is 2.18. The Balaban J connectivity index is 2.71. The summed E-state index contributed by atoms with van der Waals surface area (Å²) in [6, 6.07) is 5.18. The number of rotatable bonds is 4. The number of carbonyl (C=O) groups is 1. The lowest BCUT2D eigenvalue weighted by Gasteiger charge is -2.16. The standard InChI is InChI=1S/C13H16N2O3/c1-8(7-18-3)15-9(2)14-11-6-4-5-10(12(11)15)13(16)17/h4-6,8H,7H2,1-3H3,(H,16,17). The highest BCUT2D eigenvalue weighted by Crippen LogP contribution is 2.24. The molecule has 0 aliphatic carbocycles. The van der Waals surface area contributed by atoms with Crippen LogP contribution in [0, 0.1) is 6.92 Å². The van der Waals surface area contributed by atoms with Crippen LogP contribution in [0.2, 0.25) is 0 Å². The molecule has 1 aromatic heterocycles. The summed E-state index contributed by atoms with van der Waals surface area (Å²) in [6.07, 6.45) is 0. The Labute approximate surface area is 105 Å². The van der Waals surface area contributed by atoms with Crippen LogP contribution in [0.25, 0.3) is 11.0 Å². The normalized spacial score (nSPS) is 12.8. The van der Waals surface area contributed by atoms with Crippen molar-refractivity contribution in [1.29, 1.82) is 0 Å². The number of aryl methyl sites for hydroxylation is 1. The highest BCUT2D eigenvalue weighted by atomic mass is 16.5. The number of hydrogen-bond donors (Lipinski definition) is 1. The maximum Gasteiger partial charge on any atom is 0.337 e. The summed E-state index contributed by atoms with van der Waals surface area (Å²) >= 11 is 0. The van der Waals surface area contributed by atoms with E-state index in [9.17, 15) is 9.90 Å². The summed E-state index contributed by atoms with van der Waals surface area (Å²) < 4.78 is 7.05. The van der Waals surface area contributed by atoms with E-state index in [1.807, 2.05) is 24.5 Å². The molecule has 0 fully saturated rings. The zero-order chi connectivity index (χ0) is 13.3. The second kappa shape index (κ2) is 4.78. The van der Waals surface area contributed by atoms with Gasteiger partial charge in [-0.15, -0.1) is 0 Å². The monoisotopic (exact) mass is 248 g/mol. The molecule has 18 heavy (non-hydrogen) atoms. The Kier molecular flexibility index (Phi) is 3.34. The van der Waals surface area contributed by atoms with Crippen molar-refractivity contribution in [2.24, 2.45) is 0 Å². The molecule has 0 saturated heterocycles. The van der Waals surface area contributed by atoms with Crippen LogP contribution >= 0.6 is 0 Å². The molecule has 1 unspecified atom stereocenters. The molecule has 1 heterocycles. The van der Waals surface area contributed by atoms with Crippen molar-refractivity contribution < 1.29 is 14.6 Å². The van der Waals surface area contributed by atoms with E-state index in [1.165, 1.54) is 0 Å². The third-order valence-electron chi connectivity index (χ3n) is 2.97. The molecule has 5 nitrogen and oxygen atoms in total. The number of imidazole rings is 1. The molecule has 0 saturated carbocycles. The van der Waals surface area contributed by atoms with Gasteiger partial charge in [0.05, 0.1) is 29.2 Å². The van der Waals surface area contributed by atoms with Crippen LogP contribution in [0.1, 0.15) is 29.1 Å². The molecule has 1 atom stereocenters. The van der Waals surface area contributed by atoms with E-state index in [-0.39, 0.29) is 11.6 Å². The number of ether oxygens (including phenoxy) is 1. The van der Waals surface area contributed by atoms with Crippen molar-refractivity contribution in [3.05, 3.63) is 29.6 Å². The van der Waals surface area contributed by atoms with Gasteiger partial charge in [0.25, 0.3) is 0 Å². The number of fused-ring (bicyclic) bond motifs is 1. The summed E-state index contributed by atoms with van der Waals surface area (Å²) in [5, 5.41) is 9.26. The summed E-state index contributed by atoms with van der Waals surface area (Å²) in [5.41, 5.74) is 1.64. The fourth-order valence-corrected chi connectivity index (χ4v) is 2.29. The van der Waals surface area contributed by atoms with E-state index in [1.54, 1.807) is 19.2 Å². The van der Waals surface area contributed by atoms with Gasteiger partial charge in [0, 0.05) is 7.11 Å². The second-order valence-electron chi connectivity index (χ2n) is 4.31. The lowest BCUT2D eigenvalue weighted by molar-refractivity contribution is 0.0698. The summed E-state index contributed by atoms with van der Waals surface area (Å²) in [5.74, 6) is -0.144. The zero-order valence-corrected chi connectivity index (χ0v) is 10.7. The molecule has 2 rings (SSSR count). The van der Waals surface area contributed by atoms with Crippen LogP contribution in [-0.2, 0) is 4.74 Å². The molecular formula is C13H16N2O3. The van der Waals surface area contributed by atoms with Crippen LogP contribution in [0.5, 0.6) is 0 Å². The summed E-state index contributed by atoms with van der Waals surface area (Å²) in [6.45, 7) is 4.37. The van der Waals surface area contributed by atoms with Crippen LogP contribution in [-0.4, -0.2) is 34.3 Å². The number of hydrogen-bond acceptors (Lipinski definition) is 3. The van der Waals surface area contributed by atoms with Crippen molar-refractivity contribution in [1.82, 2.24) is 9.55 Å². The number of carboxylic acids is 1. The molecule has 1 N–H and O–H groups in total. The molecule has 1 aromatic carbocycles. The van der Waals surface area contributed by atoms with E-state index in [2.05, 4.69) is 4.98 Å². The molecule has 96 valence electrons.